The van der Waals surface area contributed by atoms with Gasteiger partial charge < -0.3 is 19.9 Å². The average molecular weight is 341 g/mol. The highest BCUT2D eigenvalue weighted by molar-refractivity contribution is 5.87. The van der Waals surface area contributed by atoms with Gasteiger partial charge in [0, 0.05) is 18.3 Å². The fourth-order valence-corrected chi connectivity index (χ4v) is 3.24. The summed E-state index contributed by atoms with van der Waals surface area (Å²) in [5, 5.41) is 6.51. The lowest BCUT2D eigenvalue weighted by molar-refractivity contribution is 0.158. The fraction of sp³-hybridized carbons (Fsp3) is 0.529. The molecule has 2 aliphatic heterocycles. The van der Waals surface area contributed by atoms with Crippen LogP contribution in [0, 0.1) is 0 Å². The van der Waals surface area contributed by atoms with Gasteiger partial charge in [0.2, 0.25) is 5.88 Å². The zero-order valence-electron chi connectivity index (χ0n) is 14.6. The van der Waals surface area contributed by atoms with Gasteiger partial charge in [-0.15, -0.1) is 0 Å². The molecule has 2 N–H and O–H groups in total. The molecule has 0 unspecified atom stereocenters. The Labute approximate surface area is 146 Å². The van der Waals surface area contributed by atoms with Gasteiger partial charge in [-0.3, -0.25) is 4.99 Å². The van der Waals surface area contributed by atoms with Crippen molar-refractivity contribution in [1.29, 1.82) is 0 Å². The largest absolute Gasteiger partial charge is 0.473 e. The number of ether oxygens (including phenoxy) is 1. The van der Waals surface area contributed by atoms with Crippen LogP contribution in [0.25, 0.3) is 16.7 Å². The van der Waals surface area contributed by atoms with Crippen LogP contribution in [0.4, 0.5) is 0 Å². The molecule has 0 spiro atoms. The summed E-state index contributed by atoms with van der Waals surface area (Å²) in [5.41, 5.74) is 2.58. The van der Waals surface area contributed by atoms with E-state index in [0.29, 0.717) is 12.4 Å². The lowest BCUT2D eigenvalue weighted by Crippen LogP contribution is -2.34. The minimum absolute atomic E-state index is 0.178. The Morgan fingerprint density at radius 2 is 2.12 bits per heavy atom. The van der Waals surface area contributed by atoms with Gasteiger partial charge in [0.25, 0.3) is 0 Å². The third-order valence-electron chi connectivity index (χ3n) is 4.61. The van der Waals surface area contributed by atoms with Gasteiger partial charge in [-0.1, -0.05) is 0 Å². The van der Waals surface area contributed by atoms with Crippen LogP contribution in [0.3, 0.4) is 0 Å². The standard InChI is InChI=1S/C17H23N7O/c1-3-24-15(12-8-19-11(2)20-9-12)23-14-16(24)21-10-22-17(14)25-13-4-6-18-7-5-13/h8,10,13,18H,3-7,9H2,1-2H3,(H,19,20). The Morgan fingerprint density at radius 3 is 2.84 bits per heavy atom. The second-order valence-corrected chi connectivity index (χ2v) is 6.31. The molecule has 0 amide bonds. The highest BCUT2D eigenvalue weighted by Crippen LogP contribution is 2.27. The molecule has 25 heavy (non-hydrogen) atoms. The number of aryl methyl sites for hydroxylation is 1. The van der Waals surface area contributed by atoms with Crippen LogP contribution in [0.5, 0.6) is 5.88 Å². The van der Waals surface area contributed by atoms with Crippen molar-refractivity contribution in [3.8, 4) is 5.88 Å². The quantitative estimate of drug-likeness (QED) is 0.872. The van der Waals surface area contributed by atoms with E-state index in [1.807, 2.05) is 13.1 Å². The number of nitrogens with one attached hydrogen (secondary N) is 2. The Balaban J connectivity index is 1.71. The average Bonchev–Trinajstić information content (AvgIpc) is 3.03. The van der Waals surface area contributed by atoms with E-state index in [4.69, 9.17) is 9.72 Å². The molecule has 1 fully saturated rings. The minimum Gasteiger partial charge on any atom is -0.473 e. The van der Waals surface area contributed by atoms with Gasteiger partial charge in [-0.25, -0.2) is 9.97 Å². The van der Waals surface area contributed by atoms with Crippen LogP contribution in [-0.2, 0) is 6.54 Å². The Bertz CT molecular complexity index is 833. The molecule has 0 aromatic carbocycles. The molecule has 4 rings (SSSR count). The molecule has 8 heteroatoms. The summed E-state index contributed by atoms with van der Waals surface area (Å²) in [6, 6.07) is 0. The maximum absolute atomic E-state index is 6.16. The van der Waals surface area contributed by atoms with Crippen molar-refractivity contribution in [3.05, 3.63) is 18.4 Å². The molecular formula is C17H23N7O. The predicted octanol–water partition coefficient (Wildman–Crippen LogP) is 1.34. The number of amidine groups is 1. The number of nitrogens with zero attached hydrogens (tertiary/aromatic N) is 5. The molecule has 0 saturated carbocycles. The lowest BCUT2D eigenvalue weighted by atomic mass is 10.1. The Morgan fingerprint density at radius 1 is 1.28 bits per heavy atom. The van der Waals surface area contributed by atoms with E-state index in [-0.39, 0.29) is 6.10 Å². The number of rotatable bonds is 4. The molecular weight excluding hydrogens is 318 g/mol. The normalized spacial score (nSPS) is 18.6. The molecule has 0 atom stereocenters. The smallest absolute Gasteiger partial charge is 0.245 e. The van der Waals surface area contributed by atoms with Crippen LogP contribution < -0.4 is 15.4 Å². The third-order valence-corrected chi connectivity index (χ3v) is 4.61. The number of piperidine rings is 1. The second kappa shape index (κ2) is 6.79. The van der Waals surface area contributed by atoms with E-state index in [1.165, 1.54) is 0 Å². The zero-order valence-corrected chi connectivity index (χ0v) is 14.6. The summed E-state index contributed by atoms with van der Waals surface area (Å²) < 4.78 is 8.25. The first-order valence-corrected chi connectivity index (χ1v) is 8.82. The van der Waals surface area contributed by atoms with Gasteiger partial charge >= 0.3 is 0 Å². The van der Waals surface area contributed by atoms with E-state index in [1.54, 1.807) is 6.33 Å². The van der Waals surface area contributed by atoms with E-state index < -0.39 is 0 Å². The van der Waals surface area contributed by atoms with E-state index >= 15 is 0 Å². The van der Waals surface area contributed by atoms with Crippen molar-refractivity contribution in [2.24, 2.45) is 4.99 Å². The Kier molecular flexibility index (Phi) is 4.35. The van der Waals surface area contributed by atoms with Crippen molar-refractivity contribution in [3.63, 3.8) is 0 Å². The van der Waals surface area contributed by atoms with Gasteiger partial charge in [0.15, 0.2) is 11.2 Å². The van der Waals surface area contributed by atoms with Crippen LogP contribution in [0.1, 0.15) is 32.5 Å². The van der Waals surface area contributed by atoms with Crippen LogP contribution >= 0.6 is 0 Å². The van der Waals surface area contributed by atoms with Crippen LogP contribution in [-0.4, -0.2) is 51.1 Å². The topological polar surface area (TPSA) is 89.2 Å². The summed E-state index contributed by atoms with van der Waals surface area (Å²) in [5.74, 6) is 2.36. The summed E-state index contributed by atoms with van der Waals surface area (Å²) >= 11 is 0. The monoisotopic (exact) mass is 341 g/mol. The van der Waals surface area contributed by atoms with Crippen LogP contribution in [0.15, 0.2) is 17.5 Å². The van der Waals surface area contributed by atoms with Crippen LogP contribution in [0.2, 0.25) is 0 Å². The number of imidazole rings is 1. The molecule has 1 saturated heterocycles. The fourth-order valence-electron chi connectivity index (χ4n) is 3.24. The molecule has 0 aliphatic carbocycles. The number of aromatic nitrogens is 4. The van der Waals surface area contributed by atoms with Crippen molar-refractivity contribution < 1.29 is 4.74 Å². The highest BCUT2D eigenvalue weighted by atomic mass is 16.5. The summed E-state index contributed by atoms with van der Waals surface area (Å²) in [7, 11) is 0. The van der Waals surface area contributed by atoms with Crippen molar-refractivity contribution >= 4 is 22.6 Å². The summed E-state index contributed by atoms with van der Waals surface area (Å²) in [6.07, 6.45) is 5.67. The van der Waals surface area contributed by atoms with Crippen molar-refractivity contribution in [1.82, 2.24) is 30.2 Å². The van der Waals surface area contributed by atoms with Crippen molar-refractivity contribution in [2.45, 2.75) is 39.3 Å². The molecule has 4 heterocycles. The van der Waals surface area contributed by atoms with E-state index in [0.717, 1.165) is 60.9 Å². The number of fused-ring (bicyclic) bond motifs is 1. The first-order chi connectivity index (χ1) is 12.3. The molecule has 8 nitrogen and oxygen atoms in total. The van der Waals surface area contributed by atoms with Gasteiger partial charge in [0.1, 0.15) is 18.3 Å². The number of hydrogen-bond donors (Lipinski definition) is 2. The maximum atomic E-state index is 6.16. The molecule has 0 radical (unpaired) electrons. The maximum Gasteiger partial charge on any atom is 0.245 e. The Hall–Kier alpha value is -2.48. The summed E-state index contributed by atoms with van der Waals surface area (Å²) in [4.78, 5) is 18.1. The van der Waals surface area contributed by atoms with E-state index in [2.05, 4.69) is 37.1 Å². The second-order valence-electron chi connectivity index (χ2n) is 6.31. The highest BCUT2D eigenvalue weighted by Gasteiger charge is 2.22. The zero-order chi connectivity index (χ0) is 17.2. The van der Waals surface area contributed by atoms with Gasteiger partial charge in [0.05, 0.1) is 12.4 Å². The molecule has 2 aromatic rings. The number of aliphatic imine (C=N–C) groups is 1. The molecule has 0 bridgehead atoms. The minimum atomic E-state index is 0.178. The summed E-state index contributed by atoms with van der Waals surface area (Å²) in [6.45, 7) is 7.38. The van der Waals surface area contributed by atoms with Crippen molar-refractivity contribution in [2.75, 3.05) is 19.6 Å². The third kappa shape index (κ3) is 3.09. The SMILES string of the molecule is CCn1c(C2=CNC(C)=NC2)nc2c(OC3CCNCC3)ncnc21. The van der Waals surface area contributed by atoms with E-state index in [9.17, 15) is 0 Å². The molecule has 2 aromatic heterocycles. The number of hydrogen-bond acceptors (Lipinski definition) is 7. The predicted molar refractivity (Wildman–Crippen MR) is 96.6 cm³/mol. The first kappa shape index (κ1) is 16.0. The van der Waals surface area contributed by atoms with Gasteiger partial charge in [-0.2, -0.15) is 4.98 Å². The molecule has 2 aliphatic rings. The lowest BCUT2D eigenvalue weighted by Gasteiger charge is -2.23. The first-order valence-electron chi connectivity index (χ1n) is 8.82. The van der Waals surface area contributed by atoms with Gasteiger partial charge in [-0.05, 0) is 39.8 Å². The molecule has 132 valence electrons.